The van der Waals surface area contributed by atoms with E-state index in [1.54, 1.807) is 0 Å². The second kappa shape index (κ2) is 3.78. The second-order valence-corrected chi connectivity index (χ2v) is 4.80. The molecule has 1 radical (unpaired) electrons. The zero-order chi connectivity index (χ0) is 11.8. The van der Waals surface area contributed by atoms with E-state index >= 15 is 0 Å². The molecule has 1 aromatic heterocycles. The molecule has 0 spiro atoms. The zero-order valence-electron chi connectivity index (χ0n) is 10.1. The number of aryl methyl sites for hydroxylation is 1. The lowest BCUT2D eigenvalue weighted by molar-refractivity contribution is 0.455. The number of benzene rings is 1. The summed E-state index contributed by atoms with van der Waals surface area (Å²) in [7, 11) is 0. The lowest BCUT2D eigenvalue weighted by Gasteiger charge is -2.23. The molecule has 1 aromatic carbocycles. The Morgan fingerprint density at radius 3 is 2.38 bits per heavy atom. The summed E-state index contributed by atoms with van der Waals surface area (Å²) < 4.78 is 2.09. The van der Waals surface area contributed by atoms with Gasteiger partial charge >= 0.3 is 0 Å². The van der Waals surface area contributed by atoms with Crippen LogP contribution in [-0.4, -0.2) is 9.55 Å². The van der Waals surface area contributed by atoms with Gasteiger partial charge in [0.1, 0.15) is 5.82 Å². The highest BCUT2D eigenvalue weighted by Gasteiger charge is 2.17. The Kier molecular flexibility index (Phi) is 2.58. The van der Waals surface area contributed by atoms with Crippen LogP contribution in [0.4, 0.5) is 0 Å². The minimum absolute atomic E-state index is 0.184. The van der Waals surface area contributed by atoms with Crippen LogP contribution < -0.4 is 0 Å². The van der Waals surface area contributed by atoms with Crippen LogP contribution in [0.1, 0.15) is 19.4 Å². The van der Waals surface area contributed by atoms with Crippen LogP contribution in [0.15, 0.2) is 36.7 Å². The minimum atomic E-state index is -0.184. The van der Waals surface area contributed by atoms with E-state index in [-0.39, 0.29) is 5.54 Å². The first-order valence-electron chi connectivity index (χ1n) is 5.45. The molecule has 2 nitrogen and oxygen atoms in total. The SMILES string of the molecule is [CH2]C(C)(C)n1ccnc1-c1ccc(C)cc1. The lowest BCUT2D eigenvalue weighted by atomic mass is 10.1. The van der Waals surface area contributed by atoms with Gasteiger partial charge in [-0.25, -0.2) is 4.98 Å². The van der Waals surface area contributed by atoms with E-state index in [9.17, 15) is 0 Å². The third-order valence-electron chi connectivity index (χ3n) is 2.60. The first-order chi connectivity index (χ1) is 7.48. The van der Waals surface area contributed by atoms with Crippen LogP contribution in [-0.2, 0) is 5.54 Å². The summed E-state index contributed by atoms with van der Waals surface area (Å²) in [5.74, 6) is 0.972. The van der Waals surface area contributed by atoms with Crippen molar-refractivity contribution < 1.29 is 0 Å². The van der Waals surface area contributed by atoms with Gasteiger partial charge in [0.15, 0.2) is 0 Å². The standard InChI is InChI=1S/C14H17N2/c1-11-5-7-12(8-6-11)13-15-9-10-16(13)14(2,3)4/h5-10H,2H2,1,3-4H3. The van der Waals surface area contributed by atoms with Gasteiger partial charge in [-0.15, -0.1) is 0 Å². The summed E-state index contributed by atoms with van der Waals surface area (Å²) in [5.41, 5.74) is 2.21. The van der Waals surface area contributed by atoms with E-state index < -0.39 is 0 Å². The molecule has 0 bridgehead atoms. The van der Waals surface area contributed by atoms with Crippen molar-refractivity contribution in [2.24, 2.45) is 0 Å². The van der Waals surface area contributed by atoms with Crippen molar-refractivity contribution in [2.45, 2.75) is 26.3 Å². The molecule has 0 fully saturated rings. The third-order valence-corrected chi connectivity index (χ3v) is 2.60. The van der Waals surface area contributed by atoms with Crippen LogP contribution in [0.2, 0.25) is 0 Å². The van der Waals surface area contributed by atoms with Crippen molar-refractivity contribution in [3.63, 3.8) is 0 Å². The molecule has 0 aliphatic rings. The number of rotatable bonds is 2. The molecule has 1 heterocycles. The first-order valence-corrected chi connectivity index (χ1v) is 5.45. The Labute approximate surface area is 97.0 Å². The molecular weight excluding hydrogens is 196 g/mol. The maximum absolute atomic E-state index is 4.41. The van der Waals surface area contributed by atoms with Crippen LogP contribution in [0, 0.1) is 13.8 Å². The van der Waals surface area contributed by atoms with E-state index in [0.29, 0.717) is 0 Å². The molecular formula is C14H17N2. The highest BCUT2D eigenvalue weighted by Crippen LogP contribution is 2.24. The third kappa shape index (κ3) is 2.01. The number of imidazole rings is 1. The van der Waals surface area contributed by atoms with Crippen molar-refractivity contribution in [3.05, 3.63) is 49.1 Å². The fourth-order valence-corrected chi connectivity index (χ4v) is 1.71. The second-order valence-electron chi connectivity index (χ2n) is 4.80. The molecule has 0 aliphatic carbocycles. The van der Waals surface area contributed by atoms with Crippen LogP contribution in [0.5, 0.6) is 0 Å². The van der Waals surface area contributed by atoms with Crippen molar-refractivity contribution >= 4 is 0 Å². The molecule has 0 amide bonds. The average Bonchev–Trinajstić information content (AvgIpc) is 2.66. The van der Waals surface area contributed by atoms with Gasteiger partial charge in [-0.05, 0) is 27.7 Å². The molecule has 16 heavy (non-hydrogen) atoms. The first kappa shape index (κ1) is 10.9. The van der Waals surface area contributed by atoms with E-state index in [1.165, 1.54) is 5.56 Å². The molecule has 0 atom stereocenters. The molecule has 0 saturated carbocycles. The summed E-state index contributed by atoms with van der Waals surface area (Å²) in [6, 6.07) is 8.40. The Morgan fingerprint density at radius 2 is 1.81 bits per heavy atom. The van der Waals surface area contributed by atoms with Gasteiger partial charge < -0.3 is 4.57 Å². The smallest absolute Gasteiger partial charge is 0.140 e. The molecule has 83 valence electrons. The van der Waals surface area contributed by atoms with Gasteiger partial charge in [0.05, 0.1) is 0 Å². The van der Waals surface area contributed by atoms with E-state index in [4.69, 9.17) is 0 Å². The lowest BCUT2D eigenvalue weighted by Crippen LogP contribution is -2.22. The zero-order valence-corrected chi connectivity index (χ0v) is 10.1. The quantitative estimate of drug-likeness (QED) is 0.747. The van der Waals surface area contributed by atoms with Gasteiger partial charge in [0, 0.05) is 23.5 Å². The maximum atomic E-state index is 4.41. The van der Waals surface area contributed by atoms with E-state index in [2.05, 4.69) is 61.5 Å². The van der Waals surface area contributed by atoms with E-state index in [1.807, 2.05) is 12.4 Å². The monoisotopic (exact) mass is 213 g/mol. The Hall–Kier alpha value is -1.57. The molecule has 0 N–H and O–H groups in total. The summed E-state index contributed by atoms with van der Waals surface area (Å²) >= 11 is 0. The van der Waals surface area contributed by atoms with Gasteiger partial charge in [0.2, 0.25) is 0 Å². The Balaban J connectivity index is 2.49. The van der Waals surface area contributed by atoms with Crippen molar-refractivity contribution in [2.75, 3.05) is 0 Å². The van der Waals surface area contributed by atoms with Crippen LogP contribution in [0.3, 0.4) is 0 Å². The summed E-state index contributed by atoms with van der Waals surface area (Å²) in [6.07, 6.45) is 3.80. The normalized spacial score (nSPS) is 11.8. The van der Waals surface area contributed by atoms with Crippen LogP contribution in [0.25, 0.3) is 11.4 Å². The average molecular weight is 213 g/mol. The predicted octanol–water partition coefficient (Wildman–Crippen LogP) is 3.43. The fraction of sp³-hybridized carbons (Fsp3) is 0.286. The topological polar surface area (TPSA) is 17.8 Å². The van der Waals surface area contributed by atoms with Crippen LogP contribution >= 0.6 is 0 Å². The van der Waals surface area contributed by atoms with Crippen molar-refractivity contribution in [1.82, 2.24) is 9.55 Å². The summed E-state index contributed by atoms with van der Waals surface area (Å²) in [5, 5.41) is 0. The Bertz CT molecular complexity index is 472. The largest absolute Gasteiger partial charge is 0.325 e. The molecule has 2 aromatic rings. The number of nitrogens with zero attached hydrogens (tertiary/aromatic N) is 2. The number of hydrogen-bond acceptors (Lipinski definition) is 1. The molecule has 0 unspecified atom stereocenters. The van der Waals surface area contributed by atoms with Gasteiger partial charge in [-0.3, -0.25) is 0 Å². The minimum Gasteiger partial charge on any atom is -0.325 e. The van der Waals surface area contributed by atoms with Crippen molar-refractivity contribution in [3.8, 4) is 11.4 Å². The summed E-state index contributed by atoms with van der Waals surface area (Å²) in [4.78, 5) is 4.41. The highest BCUT2D eigenvalue weighted by molar-refractivity contribution is 5.56. The number of aromatic nitrogens is 2. The Morgan fingerprint density at radius 1 is 1.19 bits per heavy atom. The van der Waals surface area contributed by atoms with Crippen molar-refractivity contribution in [1.29, 1.82) is 0 Å². The molecule has 2 rings (SSSR count). The van der Waals surface area contributed by atoms with Gasteiger partial charge in [-0.2, -0.15) is 0 Å². The molecule has 0 saturated heterocycles. The maximum Gasteiger partial charge on any atom is 0.140 e. The number of hydrogen-bond donors (Lipinski definition) is 0. The summed E-state index contributed by atoms with van der Waals surface area (Å²) in [6.45, 7) is 10.4. The molecule has 0 aliphatic heterocycles. The van der Waals surface area contributed by atoms with Gasteiger partial charge in [-0.1, -0.05) is 29.8 Å². The molecule has 2 heteroatoms. The van der Waals surface area contributed by atoms with E-state index in [0.717, 1.165) is 11.4 Å². The predicted molar refractivity (Wildman–Crippen MR) is 67.1 cm³/mol. The highest BCUT2D eigenvalue weighted by atomic mass is 15.1. The fourth-order valence-electron chi connectivity index (χ4n) is 1.71. The van der Waals surface area contributed by atoms with Gasteiger partial charge in [0.25, 0.3) is 0 Å².